The summed E-state index contributed by atoms with van der Waals surface area (Å²) >= 11 is 0. The fourth-order valence-corrected chi connectivity index (χ4v) is 11.2. The van der Waals surface area contributed by atoms with Gasteiger partial charge in [-0.2, -0.15) is 13.2 Å². The van der Waals surface area contributed by atoms with Crippen molar-refractivity contribution in [3.05, 3.63) is 41.9 Å². The number of carbonyl (C=O) groups is 2. The van der Waals surface area contributed by atoms with Crippen LogP contribution >= 0.6 is 0 Å². The lowest BCUT2D eigenvalue weighted by atomic mass is 9.62. The van der Waals surface area contributed by atoms with E-state index in [9.17, 15) is 45.4 Å². The third-order valence-corrected chi connectivity index (χ3v) is 14.0. The lowest BCUT2D eigenvalue weighted by Crippen LogP contribution is -2.65. The molecule has 6 fully saturated rings. The Hall–Kier alpha value is -3.95. The number of fused-ring (bicyclic) bond motifs is 3. The van der Waals surface area contributed by atoms with Crippen molar-refractivity contribution in [1.29, 1.82) is 0 Å². The summed E-state index contributed by atoms with van der Waals surface area (Å²) in [5.41, 5.74) is -3.32. The molecule has 3 aromatic rings. The van der Waals surface area contributed by atoms with Gasteiger partial charge in [-0.3, -0.25) is 9.69 Å². The van der Waals surface area contributed by atoms with Crippen molar-refractivity contribution in [3.63, 3.8) is 0 Å². The van der Waals surface area contributed by atoms with Gasteiger partial charge in [0, 0.05) is 54.3 Å². The Kier molecular flexibility index (Phi) is 8.94. The molecule has 5 saturated carbocycles. The van der Waals surface area contributed by atoms with Crippen LogP contribution in [0.3, 0.4) is 0 Å². The highest BCUT2D eigenvalue weighted by Crippen LogP contribution is 2.59. The number of carbonyl (C=O) groups excluding carboxylic acids is 1. The second kappa shape index (κ2) is 13.3. The topological polar surface area (TPSA) is 110 Å². The number of aromatic nitrogens is 3. The zero-order chi connectivity index (χ0) is 39.4. The first-order valence-electron chi connectivity index (χ1n) is 19.8. The first kappa shape index (κ1) is 37.6. The molecular formula is C40H44F7N5O4. The molecule has 16 heteroatoms. The molecule has 2 N–H and O–H groups in total. The molecule has 3 heterocycles. The van der Waals surface area contributed by atoms with Gasteiger partial charge in [0.2, 0.25) is 5.92 Å². The number of hydrogen-bond acceptors (Lipinski definition) is 6. The lowest BCUT2D eigenvalue weighted by Gasteiger charge is -2.47. The third-order valence-electron chi connectivity index (χ3n) is 14.0. The minimum atomic E-state index is -5.10. The van der Waals surface area contributed by atoms with E-state index < -0.39 is 58.7 Å². The van der Waals surface area contributed by atoms with Gasteiger partial charge >= 0.3 is 12.1 Å². The summed E-state index contributed by atoms with van der Waals surface area (Å²) in [6, 6.07) is 4.75. The SMILES string of the molecule is O=C(NC1(C(=O)O)C2CCC3CC1CC3C2)c1cnc(-c2cn(C3CCC(F)(F)CC3)c3cc(OC4CCC(N5CC(F)(F)C5)CC4)ccc23)nc1C(F)(F)F. The van der Waals surface area contributed by atoms with Crippen LogP contribution < -0.4 is 10.1 Å². The van der Waals surface area contributed by atoms with E-state index in [-0.39, 0.29) is 68.2 Å². The van der Waals surface area contributed by atoms with Crippen molar-refractivity contribution in [2.45, 2.75) is 125 Å². The second-order valence-corrected chi connectivity index (χ2v) is 17.3. The summed E-state index contributed by atoms with van der Waals surface area (Å²) < 4.78 is 108. The average molecular weight is 792 g/mol. The minimum absolute atomic E-state index is 0.0656. The van der Waals surface area contributed by atoms with E-state index in [1.807, 2.05) is 0 Å². The number of hydrogen-bond donors (Lipinski definition) is 2. The molecule has 5 atom stereocenters. The van der Waals surface area contributed by atoms with Crippen molar-refractivity contribution < 1.29 is 50.2 Å². The Balaban J connectivity index is 1.02. The fourth-order valence-electron chi connectivity index (χ4n) is 11.2. The van der Waals surface area contributed by atoms with Gasteiger partial charge in [0.25, 0.3) is 11.8 Å². The first-order chi connectivity index (χ1) is 26.5. The van der Waals surface area contributed by atoms with E-state index in [4.69, 9.17) is 4.74 Å². The first-order valence-corrected chi connectivity index (χ1v) is 19.8. The van der Waals surface area contributed by atoms with Crippen LogP contribution in [0.1, 0.15) is 106 Å². The Bertz CT molecular complexity index is 2020. The highest BCUT2D eigenvalue weighted by atomic mass is 19.4. The number of rotatable bonds is 8. The van der Waals surface area contributed by atoms with E-state index in [0.29, 0.717) is 79.9 Å². The normalized spacial score (nSPS) is 32.6. The van der Waals surface area contributed by atoms with Gasteiger partial charge < -0.3 is 19.7 Å². The Labute approximate surface area is 318 Å². The predicted molar refractivity (Wildman–Crippen MR) is 188 cm³/mol. The number of ether oxygens (including phenoxy) is 1. The van der Waals surface area contributed by atoms with Crippen LogP contribution in [-0.2, 0) is 11.0 Å². The zero-order valence-corrected chi connectivity index (χ0v) is 30.6. The maximum absolute atomic E-state index is 14.8. The molecule has 56 heavy (non-hydrogen) atoms. The number of likely N-dealkylation sites (tertiary alicyclic amines) is 1. The maximum Gasteiger partial charge on any atom is 0.434 e. The van der Waals surface area contributed by atoms with Crippen molar-refractivity contribution in [1.82, 2.24) is 24.8 Å². The molecule has 1 aliphatic heterocycles. The standard InChI is InChI=1S/C40H44F7N5O4/c41-37(42)11-9-26(10-12-37)52-18-31(29-8-7-28(16-32(29)52)56-27-5-3-25(4-6-27)51-19-38(43,44)20-51)34-48-17-30(33(49-34)40(45,46)47)35(53)50-39(36(54)55)23-2-1-21-13-24(39)15-22(21)14-23/h7-8,16-18,21-27H,1-6,9-15,19-20H2,(H,50,53)(H,54,55). The van der Waals surface area contributed by atoms with Crippen molar-refractivity contribution in [3.8, 4) is 17.1 Å². The number of nitrogens with zero attached hydrogens (tertiary/aromatic N) is 4. The summed E-state index contributed by atoms with van der Waals surface area (Å²) in [5.74, 6) is -7.80. The molecule has 0 spiro atoms. The second-order valence-electron chi connectivity index (χ2n) is 17.3. The van der Waals surface area contributed by atoms with E-state index in [1.165, 1.54) is 0 Å². The molecule has 9 rings (SSSR count). The third kappa shape index (κ3) is 6.51. The zero-order valence-electron chi connectivity index (χ0n) is 30.6. The van der Waals surface area contributed by atoms with Gasteiger partial charge in [-0.05, 0) is 106 Å². The molecule has 5 unspecified atom stereocenters. The number of carboxylic acid groups (broad SMARTS) is 1. The predicted octanol–water partition coefficient (Wildman–Crippen LogP) is 8.52. The molecule has 6 aliphatic rings. The number of amides is 1. The van der Waals surface area contributed by atoms with Crippen molar-refractivity contribution in [2.75, 3.05) is 13.1 Å². The molecule has 1 aromatic carbocycles. The van der Waals surface area contributed by atoms with Gasteiger partial charge in [-0.1, -0.05) is 0 Å². The largest absolute Gasteiger partial charge is 0.490 e. The van der Waals surface area contributed by atoms with Crippen LogP contribution in [0, 0.1) is 23.7 Å². The number of carboxylic acids is 1. The van der Waals surface area contributed by atoms with Crippen LogP contribution in [0.25, 0.3) is 22.3 Å². The summed E-state index contributed by atoms with van der Waals surface area (Å²) in [6.45, 7) is -0.466. The molecule has 1 amide bonds. The molecular weight excluding hydrogens is 747 g/mol. The van der Waals surface area contributed by atoms with E-state index in [1.54, 1.807) is 33.9 Å². The summed E-state index contributed by atoms with van der Waals surface area (Å²) in [4.78, 5) is 36.7. The average Bonchev–Trinajstić information content (AvgIpc) is 3.67. The number of nitrogens with one attached hydrogen (secondary N) is 1. The Morgan fingerprint density at radius 1 is 0.857 bits per heavy atom. The number of alkyl halides is 7. The minimum Gasteiger partial charge on any atom is -0.490 e. The Morgan fingerprint density at radius 3 is 2.23 bits per heavy atom. The highest BCUT2D eigenvalue weighted by Gasteiger charge is 2.63. The monoisotopic (exact) mass is 791 g/mol. The summed E-state index contributed by atoms with van der Waals surface area (Å²) in [6.07, 6.45) is 2.56. The van der Waals surface area contributed by atoms with Crippen LogP contribution in [0.15, 0.2) is 30.6 Å². The lowest BCUT2D eigenvalue weighted by molar-refractivity contribution is -0.152. The van der Waals surface area contributed by atoms with Crippen LogP contribution in [0.4, 0.5) is 30.7 Å². The van der Waals surface area contributed by atoms with Gasteiger partial charge in [0.05, 0.1) is 30.3 Å². The molecule has 1 saturated heterocycles. The van der Waals surface area contributed by atoms with Crippen LogP contribution in [-0.4, -0.2) is 79.0 Å². The van der Waals surface area contributed by atoms with Crippen molar-refractivity contribution >= 4 is 22.8 Å². The van der Waals surface area contributed by atoms with Crippen LogP contribution in [0.2, 0.25) is 0 Å². The number of benzene rings is 1. The smallest absolute Gasteiger partial charge is 0.434 e. The van der Waals surface area contributed by atoms with Gasteiger partial charge in [0.15, 0.2) is 11.5 Å². The van der Waals surface area contributed by atoms with Crippen molar-refractivity contribution in [2.24, 2.45) is 23.7 Å². The quantitative estimate of drug-likeness (QED) is 0.220. The van der Waals surface area contributed by atoms with Crippen LogP contribution in [0.5, 0.6) is 5.75 Å². The molecule has 302 valence electrons. The van der Waals surface area contributed by atoms with Gasteiger partial charge in [-0.15, -0.1) is 0 Å². The molecule has 0 radical (unpaired) electrons. The summed E-state index contributed by atoms with van der Waals surface area (Å²) in [5, 5.41) is 13.6. The van der Waals surface area contributed by atoms with E-state index in [0.717, 1.165) is 12.6 Å². The van der Waals surface area contributed by atoms with E-state index in [2.05, 4.69) is 15.3 Å². The summed E-state index contributed by atoms with van der Waals surface area (Å²) in [7, 11) is 0. The van der Waals surface area contributed by atoms with Gasteiger partial charge in [-0.25, -0.2) is 32.3 Å². The van der Waals surface area contributed by atoms with Gasteiger partial charge in [0.1, 0.15) is 11.3 Å². The number of aliphatic carboxylic acids is 1. The molecule has 3 bridgehead atoms. The highest BCUT2D eigenvalue weighted by molar-refractivity contribution is 6.00. The fraction of sp³-hybridized carbons (Fsp3) is 0.650. The molecule has 9 nitrogen and oxygen atoms in total. The van der Waals surface area contributed by atoms with E-state index >= 15 is 0 Å². The molecule has 2 aromatic heterocycles. The Morgan fingerprint density at radius 2 is 1.55 bits per heavy atom. The number of halogens is 7. The maximum atomic E-state index is 14.8. The molecule has 5 aliphatic carbocycles.